The topological polar surface area (TPSA) is 91.9 Å². The van der Waals surface area contributed by atoms with Gasteiger partial charge in [0.1, 0.15) is 24.2 Å². The number of carboxylic acid groups (broad SMARTS) is 1. The number of carbonyl (C=O) groups is 1. The van der Waals surface area contributed by atoms with Crippen LogP contribution in [0, 0.1) is 0 Å². The first kappa shape index (κ1) is 20.6. The summed E-state index contributed by atoms with van der Waals surface area (Å²) in [6.45, 7) is 5.39. The number of fused-ring (bicyclic) bond motifs is 1. The van der Waals surface area contributed by atoms with Crippen molar-refractivity contribution in [1.82, 2.24) is 9.27 Å². The van der Waals surface area contributed by atoms with Gasteiger partial charge >= 0.3 is 5.97 Å². The number of ether oxygens (including phenoxy) is 1. The lowest BCUT2D eigenvalue weighted by Crippen LogP contribution is -2.47. The number of aliphatic carboxylic acids is 1. The van der Waals surface area contributed by atoms with E-state index in [1.165, 1.54) is 10.1 Å². The van der Waals surface area contributed by atoms with Crippen molar-refractivity contribution in [2.45, 2.75) is 12.5 Å². The zero-order valence-electron chi connectivity index (χ0n) is 16.7. The van der Waals surface area contributed by atoms with Gasteiger partial charge in [-0.25, -0.2) is 0 Å². The molecule has 0 unspecified atom stereocenters. The van der Waals surface area contributed by atoms with E-state index in [1.807, 2.05) is 24.3 Å². The van der Waals surface area contributed by atoms with Crippen LogP contribution in [0.1, 0.15) is 5.56 Å². The standard InChI is InChI=1S/C22H26N4O3S/c23-19(22(27)28)15-16-5-7-17(8-6-16)29-14-13-25-9-11-26(12-10-25)21-18-3-1-2-4-20(18)30-24-21/h1-8,19H,9-15,23H2,(H,27,28)/t19-/m0/s1. The number of anilines is 1. The second kappa shape index (κ2) is 9.42. The number of nitrogens with zero attached hydrogens (tertiary/aromatic N) is 3. The van der Waals surface area contributed by atoms with Gasteiger partial charge in [-0.05, 0) is 47.8 Å². The van der Waals surface area contributed by atoms with Crippen LogP contribution in [0.3, 0.4) is 0 Å². The van der Waals surface area contributed by atoms with Crippen molar-refractivity contribution < 1.29 is 14.6 Å². The fourth-order valence-corrected chi connectivity index (χ4v) is 4.44. The zero-order valence-corrected chi connectivity index (χ0v) is 17.6. The third-order valence-corrected chi connectivity index (χ3v) is 6.22. The molecule has 4 rings (SSSR count). The normalized spacial score (nSPS) is 16.0. The molecule has 1 aliphatic rings. The molecule has 0 spiro atoms. The minimum Gasteiger partial charge on any atom is -0.492 e. The van der Waals surface area contributed by atoms with Crippen LogP contribution in [-0.2, 0) is 11.2 Å². The average Bonchev–Trinajstić information content (AvgIpc) is 3.19. The Balaban J connectivity index is 1.21. The van der Waals surface area contributed by atoms with Crippen molar-refractivity contribution >= 4 is 33.4 Å². The monoisotopic (exact) mass is 426 g/mol. The van der Waals surface area contributed by atoms with E-state index in [9.17, 15) is 4.79 Å². The molecule has 2 aromatic carbocycles. The average molecular weight is 427 g/mol. The van der Waals surface area contributed by atoms with Gasteiger partial charge in [-0.1, -0.05) is 24.3 Å². The summed E-state index contributed by atoms with van der Waals surface area (Å²) in [4.78, 5) is 15.6. The van der Waals surface area contributed by atoms with Gasteiger partial charge in [0.25, 0.3) is 0 Å². The highest BCUT2D eigenvalue weighted by Crippen LogP contribution is 2.29. The van der Waals surface area contributed by atoms with Gasteiger partial charge < -0.3 is 20.5 Å². The lowest BCUT2D eigenvalue weighted by molar-refractivity contribution is -0.138. The van der Waals surface area contributed by atoms with Crippen LogP contribution >= 0.6 is 11.5 Å². The number of nitrogens with two attached hydrogens (primary N) is 1. The van der Waals surface area contributed by atoms with Crippen LogP contribution in [-0.4, -0.2) is 65.7 Å². The number of rotatable bonds is 8. The van der Waals surface area contributed by atoms with Crippen LogP contribution < -0.4 is 15.4 Å². The van der Waals surface area contributed by atoms with E-state index in [2.05, 4.69) is 38.4 Å². The molecule has 7 nitrogen and oxygen atoms in total. The molecule has 8 heteroatoms. The van der Waals surface area contributed by atoms with Crippen molar-refractivity contribution in [2.24, 2.45) is 5.73 Å². The first-order valence-corrected chi connectivity index (χ1v) is 10.9. The minimum absolute atomic E-state index is 0.314. The first-order valence-electron chi connectivity index (χ1n) is 10.1. The van der Waals surface area contributed by atoms with Gasteiger partial charge in [-0.2, -0.15) is 4.37 Å². The van der Waals surface area contributed by atoms with Crippen molar-refractivity contribution in [2.75, 3.05) is 44.2 Å². The van der Waals surface area contributed by atoms with Gasteiger partial charge in [0, 0.05) is 38.1 Å². The Kier molecular flexibility index (Phi) is 6.47. The molecular formula is C22H26N4O3S. The third kappa shape index (κ3) is 4.89. The summed E-state index contributed by atoms with van der Waals surface area (Å²) in [6.07, 6.45) is 0.314. The second-order valence-corrected chi connectivity index (χ2v) is 8.28. The number of carboxylic acids is 1. The van der Waals surface area contributed by atoms with Crippen molar-refractivity contribution in [3.05, 3.63) is 54.1 Å². The Labute approximate surface area is 179 Å². The summed E-state index contributed by atoms with van der Waals surface area (Å²) in [5.74, 6) is 0.905. The molecular weight excluding hydrogens is 400 g/mol. The van der Waals surface area contributed by atoms with E-state index in [-0.39, 0.29) is 0 Å². The quantitative estimate of drug-likeness (QED) is 0.572. The van der Waals surface area contributed by atoms with Gasteiger partial charge in [0.2, 0.25) is 0 Å². The highest BCUT2D eigenvalue weighted by Gasteiger charge is 2.20. The highest BCUT2D eigenvalue weighted by molar-refractivity contribution is 7.13. The Hall–Kier alpha value is -2.68. The number of aromatic nitrogens is 1. The van der Waals surface area contributed by atoms with Gasteiger partial charge in [-0.15, -0.1) is 0 Å². The molecule has 1 aliphatic heterocycles. The Morgan fingerprint density at radius 1 is 1.13 bits per heavy atom. The largest absolute Gasteiger partial charge is 0.492 e. The van der Waals surface area contributed by atoms with E-state index in [0.29, 0.717) is 13.0 Å². The molecule has 1 aromatic heterocycles. The fourth-order valence-electron chi connectivity index (χ4n) is 3.64. The minimum atomic E-state index is -0.988. The summed E-state index contributed by atoms with van der Waals surface area (Å²) in [6, 6.07) is 15.0. The Morgan fingerprint density at radius 3 is 2.60 bits per heavy atom. The molecule has 158 valence electrons. The maximum absolute atomic E-state index is 10.8. The van der Waals surface area contributed by atoms with E-state index >= 15 is 0 Å². The van der Waals surface area contributed by atoms with Crippen molar-refractivity contribution in [3.63, 3.8) is 0 Å². The maximum atomic E-state index is 10.8. The number of piperazine rings is 1. The predicted molar refractivity (Wildman–Crippen MR) is 120 cm³/mol. The van der Waals surface area contributed by atoms with Crippen LogP contribution in [0.2, 0.25) is 0 Å². The summed E-state index contributed by atoms with van der Waals surface area (Å²) in [5.41, 5.74) is 6.47. The van der Waals surface area contributed by atoms with Crippen LogP contribution in [0.5, 0.6) is 5.75 Å². The smallest absolute Gasteiger partial charge is 0.320 e. The maximum Gasteiger partial charge on any atom is 0.320 e. The van der Waals surface area contributed by atoms with Gasteiger partial charge in [-0.3, -0.25) is 9.69 Å². The molecule has 0 saturated carbocycles. The molecule has 1 atom stereocenters. The number of benzene rings is 2. The highest BCUT2D eigenvalue weighted by atomic mass is 32.1. The summed E-state index contributed by atoms with van der Waals surface area (Å²) < 4.78 is 11.8. The number of hydrogen-bond donors (Lipinski definition) is 2. The molecule has 30 heavy (non-hydrogen) atoms. The molecule has 0 aliphatic carbocycles. The molecule has 3 aromatic rings. The van der Waals surface area contributed by atoms with Crippen molar-refractivity contribution in [1.29, 1.82) is 0 Å². The summed E-state index contributed by atoms with van der Waals surface area (Å²) in [7, 11) is 0. The summed E-state index contributed by atoms with van der Waals surface area (Å²) in [5, 5.41) is 10.1. The SMILES string of the molecule is N[C@@H](Cc1ccc(OCCN2CCN(c3nsc4ccccc34)CC2)cc1)C(=O)O. The van der Waals surface area contributed by atoms with Crippen LogP contribution in [0.15, 0.2) is 48.5 Å². The lowest BCUT2D eigenvalue weighted by atomic mass is 10.1. The third-order valence-electron chi connectivity index (χ3n) is 5.40. The Bertz CT molecular complexity index is 983. The summed E-state index contributed by atoms with van der Waals surface area (Å²) >= 11 is 1.56. The van der Waals surface area contributed by atoms with Gasteiger partial charge in [0.05, 0.1) is 4.70 Å². The van der Waals surface area contributed by atoms with E-state index in [1.54, 1.807) is 11.5 Å². The van der Waals surface area contributed by atoms with Crippen LogP contribution in [0.25, 0.3) is 10.1 Å². The molecule has 1 saturated heterocycles. The van der Waals surface area contributed by atoms with E-state index in [4.69, 9.17) is 15.6 Å². The molecule has 0 amide bonds. The molecule has 3 N–H and O–H groups in total. The van der Waals surface area contributed by atoms with E-state index < -0.39 is 12.0 Å². The van der Waals surface area contributed by atoms with Crippen molar-refractivity contribution in [3.8, 4) is 5.75 Å². The van der Waals surface area contributed by atoms with Crippen LogP contribution in [0.4, 0.5) is 5.82 Å². The molecule has 1 fully saturated rings. The zero-order chi connectivity index (χ0) is 20.9. The number of hydrogen-bond acceptors (Lipinski definition) is 7. The molecule has 0 bridgehead atoms. The molecule has 0 radical (unpaired) electrons. The predicted octanol–water partition coefficient (Wildman–Crippen LogP) is 2.45. The first-order chi connectivity index (χ1) is 14.6. The Morgan fingerprint density at radius 2 is 1.87 bits per heavy atom. The fraction of sp³-hybridized carbons (Fsp3) is 0.364. The second-order valence-electron chi connectivity index (χ2n) is 7.47. The van der Waals surface area contributed by atoms with Gasteiger partial charge in [0.15, 0.2) is 0 Å². The van der Waals surface area contributed by atoms with E-state index in [0.717, 1.165) is 49.9 Å². The lowest BCUT2D eigenvalue weighted by Gasteiger charge is -2.34. The molecule has 2 heterocycles.